The van der Waals surface area contributed by atoms with E-state index in [-0.39, 0.29) is 12.5 Å². The minimum absolute atomic E-state index is 0.147. The van der Waals surface area contributed by atoms with Gasteiger partial charge in [-0.15, -0.1) is 0 Å². The molecule has 1 N–H and O–H groups in total. The number of hydrogen-bond donors (Lipinski definition) is 1. The van der Waals surface area contributed by atoms with E-state index < -0.39 is 0 Å². The van der Waals surface area contributed by atoms with Gasteiger partial charge in [-0.3, -0.25) is 4.79 Å². The maximum absolute atomic E-state index is 12.3. The zero-order valence-electron chi connectivity index (χ0n) is 14.0. The Hall–Kier alpha value is -0.970. The van der Waals surface area contributed by atoms with Gasteiger partial charge in [-0.05, 0) is 56.2 Å². The molecule has 0 aromatic heterocycles. The van der Waals surface area contributed by atoms with Crippen molar-refractivity contribution in [2.75, 3.05) is 20.3 Å². The van der Waals surface area contributed by atoms with Gasteiger partial charge in [0.15, 0.2) is 0 Å². The van der Waals surface area contributed by atoms with Gasteiger partial charge in [0.25, 0.3) is 0 Å². The van der Waals surface area contributed by atoms with E-state index in [4.69, 9.17) is 27.9 Å². The molecule has 24 heavy (non-hydrogen) atoms. The van der Waals surface area contributed by atoms with Crippen LogP contribution < -0.4 is 4.74 Å². The zero-order chi connectivity index (χ0) is 17.5. The lowest BCUT2D eigenvalue weighted by Crippen LogP contribution is -2.39. The number of carbonyl (C=O) groups excluding carboxylic acids is 1. The fourth-order valence-corrected chi connectivity index (χ4v) is 3.56. The fourth-order valence-electron chi connectivity index (χ4n) is 3.09. The lowest BCUT2D eigenvalue weighted by atomic mass is 9.86. The standard InChI is InChI=1S/C18H25Cl2NO3/c1-21(15-7-4-13(12-22)5-8-15)18(23)3-2-10-24-17-9-6-14(19)11-16(17)20/h6,9,11,13,15,22H,2-5,7-8,10,12H2,1H3. The summed E-state index contributed by atoms with van der Waals surface area (Å²) in [4.78, 5) is 14.2. The van der Waals surface area contributed by atoms with Crippen molar-refractivity contribution in [3.8, 4) is 5.75 Å². The number of aliphatic hydroxyl groups excluding tert-OH is 1. The molecule has 1 aromatic carbocycles. The van der Waals surface area contributed by atoms with Crippen LogP contribution in [0.4, 0.5) is 0 Å². The molecule has 0 bridgehead atoms. The molecule has 0 aliphatic heterocycles. The van der Waals surface area contributed by atoms with Gasteiger partial charge in [-0.1, -0.05) is 23.2 Å². The maximum atomic E-state index is 12.3. The van der Waals surface area contributed by atoms with Gasteiger partial charge in [0, 0.05) is 31.1 Å². The van der Waals surface area contributed by atoms with Crippen molar-refractivity contribution >= 4 is 29.1 Å². The molecule has 0 heterocycles. The van der Waals surface area contributed by atoms with E-state index in [9.17, 15) is 9.90 Å². The van der Waals surface area contributed by atoms with Crippen LogP contribution in [0.25, 0.3) is 0 Å². The summed E-state index contributed by atoms with van der Waals surface area (Å²) in [5.74, 6) is 1.14. The van der Waals surface area contributed by atoms with Crippen LogP contribution in [0.1, 0.15) is 38.5 Å². The average Bonchev–Trinajstić information content (AvgIpc) is 2.59. The van der Waals surface area contributed by atoms with E-state index in [1.54, 1.807) is 18.2 Å². The first-order valence-corrected chi connectivity index (χ1v) is 9.21. The molecule has 134 valence electrons. The number of aliphatic hydroxyl groups is 1. The summed E-state index contributed by atoms with van der Waals surface area (Å²) in [5.41, 5.74) is 0. The Bertz CT molecular complexity index is 545. The fraction of sp³-hybridized carbons (Fsp3) is 0.611. The summed E-state index contributed by atoms with van der Waals surface area (Å²) in [6.45, 7) is 0.702. The van der Waals surface area contributed by atoms with Gasteiger partial charge in [0.05, 0.1) is 11.6 Å². The summed E-state index contributed by atoms with van der Waals surface area (Å²) in [5, 5.41) is 10.2. The van der Waals surface area contributed by atoms with E-state index in [0.717, 1.165) is 25.7 Å². The summed E-state index contributed by atoms with van der Waals surface area (Å²) in [6, 6.07) is 5.40. The molecule has 1 aromatic rings. The number of ether oxygens (including phenoxy) is 1. The van der Waals surface area contributed by atoms with Crippen LogP contribution in [0.3, 0.4) is 0 Å². The van der Waals surface area contributed by atoms with Crippen LogP contribution in [0.15, 0.2) is 18.2 Å². The minimum atomic E-state index is 0.147. The van der Waals surface area contributed by atoms with Crippen molar-refractivity contribution in [1.29, 1.82) is 0 Å². The van der Waals surface area contributed by atoms with Gasteiger partial charge >= 0.3 is 0 Å². The maximum Gasteiger partial charge on any atom is 0.222 e. The summed E-state index contributed by atoms with van der Waals surface area (Å²) >= 11 is 11.9. The molecule has 1 fully saturated rings. The second-order valence-electron chi connectivity index (χ2n) is 6.39. The SMILES string of the molecule is CN(C(=O)CCCOc1ccc(Cl)cc1Cl)C1CCC(CO)CC1. The highest BCUT2D eigenvalue weighted by atomic mass is 35.5. The molecule has 0 saturated heterocycles. The number of carbonyl (C=O) groups is 1. The van der Waals surface area contributed by atoms with Gasteiger partial charge in [-0.2, -0.15) is 0 Å². The Morgan fingerprint density at radius 1 is 1.29 bits per heavy atom. The summed E-state index contributed by atoms with van der Waals surface area (Å²) in [6.07, 6.45) is 5.05. The third-order valence-corrected chi connectivity index (χ3v) is 5.23. The second-order valence-corrected chi connectivity index (χ2v) is 7.23. The molecule has 4 nitrogen and oxygen atoms in total. The highest BCUT2D eigenvalue weighted by Gasteiger charge is 2.25. The van der Waals surface area contributed by atoms with Crippen LogP contribution in [0.5, 0.6) is 5.75 Å². The highest BCUT2D eigenvalue weighted by molar-refractivity contribution is 6.35. The number of halogens is 2. The first-order chi connectivity index (χ1) is 11.5. The molecule has 1 amide bonds. The predicted molar refractivity (Wildman–Crippen MR) is 96.8 cm³/mol. The zero-order valence-corrected chi connectivity index (χ0v) is 15.5. The third kappa shape index (κ3) is 5.54. The van der Waals surface area contributed by atoms with Crippen LogP contribution in [0.2, 0.25) is 10.0 Å². The Morgan fingerprint density at radius 3 is 2.62 bits per heavy atom. The lowest BCUT2D eigenvalue weighted by molar-refractivity contribution is -0.133. The van der Waals surface area contributed by atoms with Crippen LogP contribution >= 0.6 is 23.2 Å². The number of nitrogens with zero attached hydrogens (tertiary/aromatic N) is 1. The predicted octanol–water partition coefficient (Wildman–Crippen LogP) is 4.16. The quantitative estimate of drug-likeness (QED) is 0.729. The first-order valence-electron chi connectivity index (χ1n) is 8.45. The van der Waals surface area contributed by atoms with E-state index in [1.165, 1.54) is 0 Å². The second kappa shape index (κ2) is 9.50. The van der Waals surface area contributed by atoms with Crippen LogP contribution in [-0.2, 0) is 4.79 Å². The van der Waals surface area contributed by atoms with Crippen molar-refractivity contribution in [1.82, 2.24) is 4.90 Å². The van der Waals surface area contributed by atoms with E-state index in [1.807, 2.05) is 11.9 Å². The molecule has 1 saturated carbocycles. The molecule has 1 aliphatic rings. The van der Waals surface area contributed by atoms with Crippen LogP contribution in [0, 0.1) is 5.92 Å². The number of benzene rings is 1. The third-order valence-electron chi connectivity index (χ3n) is 4.70. The van der Waals surface area contributed by atoms with Crippen molar-refractivity contribution in [3.63, 3.8) is 0 Å². The molecule has 0 unspecified atom stereocenters. The topological polar surface area (TPSA) is 49.8 Å². The molecular formula is C18H25Cl2NO3. The van der Waals surface area contributed by atoms with Crippen LogP contribution in [-0.4, -0.2) is 42.2 Å². The first kappa shape index (κ1) is 19.4. The average molecular weight is 374 g/mol. The minimum Gasteiger partial charge on any atom is -0.492 e. The Balaban J connectivity index is 1.69. The van der Waals surface area contributed by atoms with E-state index in [0.29, 0.717) is 47.2 Å². The van der Waals surface area contributed by atoms with Gasteiger partial charge in [0.1, 0.15) is 5.75 Å². The largest absolute Gasteiger partial charge is 0.492 e. The van der Waals surface area contributed by atoms with Crippen molar-refractivity contribution < 1.29 is 14.6 Å². The normalized spacial score (nSPS) is 20.7. The molecule has 1 aliphatic carbocycles. The Labute approximate surface area is 153 Å². The Morgan fingerprint density at radius 2 is 2.00 bits per heavy atom. The monoisotopic (exact) mass is 373 g/mol. The van der Waals surface area contributed by atoms with E-state index >= 15 is 0 Å². The Kier molecular flexibility index (Phi) is 7.66. The number of rotatable bonds is 7. The van der Waals surface area contributed by atoms with Gasteiger partial charge in [0.2, 0.25) is 5.91 Å². The summed E-state index contributed by atoms with van der Waals surface area (Å²) < 4.78 is 5.61. The van der Waals surface area contributed by atoms with Gasteiger partial charge < -0.3 is 14.7 Å². The van der Waals surface area contributed by atoms with Crippen molar-refractivity contribution in [2.45, 2.75) is 44.6 Å². The number of amides is 1. The van der Waals surface area contributed by atoms with Crippen molar-refractivity contribution in [3.05, 3.63) is 28.2 Å². The van der Waals surface area contributed by atoms with Gasteiger partial charge in [-0.25, -0.2) is 0 Å². The molecule has 0 atom stereocenters. The van der Waals surface area contributed by atoms with Crippen molar-refractivity contribution in [2.24, 2.45) is 5.92 Å². The molecule has 0 radical (unpaired) electrons. The smallest absolute Gasteiger partial charge is 0.222 e. The molecular weight excluding hydrogens is 349 g/mol. The lowest BCUT2D eigenvalue weighted by Gasteiger charge is -2.34. The molecule has 0 spiro atoms. The number of hydrogen-bond acceptors (Lipinski definition) is 3. The summed E-state index contributed by atoms with van der Waals surface area (Å²) in [7, 11) is 1.88. The van der Waals surface area contributed by atoms with E-state index in [2.05, 4.69) is 0 Å². The molecule has 2 rings (SSSR count). The molecule has 6 heteroatoms. The highest BCUT2D eigenvalue weighted by Crippen LogP contribution is 2.28.